The highest BCUT2D eigenvalue weighted by Crippen LogP contribution is 2.08. The van der Waals surface area contributed by atoms with Crippen LogP contribution in [0.2, 0.25) is 0 Å². The van der Waals surface area contributed by atoms with E-state index in [9.17, 15) is 9.59 Å². The number of ether oxygens (including phenoxy) is 1. The third kappa shape index (κ3) is 4.00. The molecule has 1 fully saturated rings. The van der Waals surface area contributed by atoms with Crippen molar-refractivity contribution in [3.05, 3.63) is 0 Å². The Kier molecular flexibility index (Phi) is 5.41. The fourth-order valence-corrected chi connectivity index (χ4v) is 1.77. The number of hydrogen-bond acceptors (Lipinski definition) is 3. The molecule has 0 radical (unpaired) electrons. The smallest absolute Gasteiger partial charge is 0.245 e. The van der Waals surface area contributed by atoms with Crippen LogP contribution in [0.3, 0.4) is 0 Å². The van der Waals surface area contributed by atoms with E-state index in [1.807, 2.05) is 13.8 Å². The van der Waals surface area contributed by atoms with Gasteiger partial charge in [0.1, 0.15) is 6.04 Å². The summed E-state index contributed by atoms with van der Waals surface area (Å²) >= 11 is 0. The first kappa shape index (κ1) is 14.0. The molecule has 0 saturated carbocycles. The minimum atomic E-state index is -0.416. The van der Waals surface area contributed by atoms with Crippen molar-refractivity contribution in [1.29, 1.82) is 0 Å². The summed E-state index contributed by atoms with van der Waals surface area (Å²) in [7, 11) is 0. The Labute approximate surface area is 102 Å². The number of morpholine rings is 1. The van der Waals surface area contributed by atoms with Crippen LogP contribution in [-0.2, 0) is 14.3 Å². The van der Waals surface area contributed by atoms with Gasteiger partial charge >= 0.3 is 0 Å². The van der Waals surface area contributed by atoms with Crippen LogP contribution in [0, 0.1) is 5.92 Å². The predicted octanol–water partition coefficient (Wildman–Crippen LogP) is 0.396. The number of hydrogen-bond donors (Lipinski definition) is 1. The Morgan fingerprint density at radius 3 is 2.35 bits per heavy atom. The number of rotatable bonds is 4. The summed E-state index contributed by atoms with van der Waals surface area (Å²) in [5, 5.41) is 2.79. The van der Waals surface area contributed by atoms with Crippen molar-refractivity contribution in [2.45, 2.75) is 33.2 Å². The zero-order chi connectivity index (χ0) is 12.8. The van der Waals surface area contributed by atoms with Crippen LogP contribution >= 0.6 is 0 Å². The normalized spacial score (nSPS) is 18.0. The zero-order valence-electron chi connectivity index (χ0n) is 10.9. The largest absolute Gasteiger partial charge is 0.378 e. The van der Waals surface area contributed by atoms with Crippen molar-refractivity contribution in [2.24, 2.45) is 5.92 Å². The Balaban J connectivity index is 2.62. The lowest BCUT2D eigenvalue weighted by molar-refractivity contribution is -0.141. The first-order valence-corrected chi connectivity index (χ1v) is 6.22. The quantitative estimate of drug-likeness (QED) is 0.776. The first-order chi connectivity index (χ1) is 8.06. The number of carbonyl (C=O) groups is 2. The van der Waals surface area contributed by atoms with Gasteiger partial charge in [-0.2, -0.15) is 0 Å². The minimum absolute atomic E-state index is 0.00472. The summed E-state index contributed by atoms with van der Waals surface area (Å²) in [4.78, 5) is 25.4. The zero-order valence-corrected chi connectivity index (χ0v) is 10.9. The van der Waals surface area contributed by atoms with Crippen LogP contribution in [0.4, 0.5) is 0 Å². The summed E-state index contributed by atoms with van der Waals surface area (Å²) in [5.74, 6) is 0.0243. The van der Waals surface area contributed by atoms with Gasteiger partial charge in [0.2, 0.25) is 11.8 Å². The van der Waals surface area contributed by atoms with Gasteiger partial charge in [-0.1, -0.05) is 20.8 Å². The average molecular weight is 242 g/mol. The van der Waals surface area contributed by atoms with Crippen molar-refractivity contribution < 1.29 is 14.3 Å². The predicted molar refractivity (Wildman–Crippen MR) is 64.5 cm³/mol. The molecule has 0 aromatic rings. The molecule has 2 amide bonds. The second kappa shape index (κ2) is 6.59. The number of carbonyl (C=O) groups excluding carboxylic acids is 2. The van der Waals surface area contributed by atoms with E-state index in [-0.39, 0.29) is 17.7 Å². The van der Waals surface area contributed by atoms with Crippen molar-refractivity contribution in [3.63, 3.8) is 0 Å². The summed E-state index contributed by atoms with van der Waals surface area (Å²) < 4.78 is 5.21. The number of nitrogens with zero attached hydrogens (tertiary/aromatic N) is 1. The molecule has 0 spiro atoms. The topological polar surface area (TPSA) is 58.6 Å². The van der Waals surface area contributed by atoms with E-state index in [1.54, 1.807) is 11.8 Å². The fraction of sp³-hybridized carbons (Fsp3) is 0.833. The van der Waals surface area contributed by atoms with Crippen LogP contribution in [0.25, 0.3) is 0 Å². The number of amides is 2. The standard InChI is InChI=1S/C12H22N2O3/c1-4-10(15)13-11(9(2)3)12(16)14-5-7-17-8-6-14/h9,11H,4-8H2,1-3H3,(H,13,15)/t11-/m0/s1. The Hall–Kier alpha value is -1.10. The molecule has 1 atom stereocenters. The molecule has 0 aromatic carbocycles. The van der Waals surface area contributed by atoms with Crippen molar-refractivity contribution in [1.82, 2.24) is 10.2 Å². The lowest BCUT2D eigenvalue weighted by atomic mass is 10.0. The van der Waals surface area contributed by atoms with Crippen LogP contribution in [0.15, 0.2) is 0 Å². The third-order valence-corrected chi connectivity index (χ3v) is 2.89. The molecule has 1 heterocycles. The minimum Gasteiger partial charge on any atom is -0.378 e. The molecule has 1 aliphatic heterocycles. The van der Waals surface area contributed by atoms with Crippen molar-refractivity contribution in [3.8, 4) is 0 Å². The molecule has 0 aromatic heterocycles. The summed E-state index contributed by atoms with van der Waals surface area (Å²) in [6.45, 7) is 8.06. The molecule has 1 aliphatic rings. The fourth-order valence-electron chi connectivity index (χ4n) is 1.77. The van der Waals surface area contributed by atoms with E-state index in [1.165, 1.54) is 0 Å². The molecular formula is C12H22N2O3. The summed E-state index contributed by atoms with van der Waals surface area (Å²) in [5.41, 5.74) is 0. The van der Waals surface area contributed by atoms with Crippen molar-refractivity contribution in [2.75, 3.05) is 26.3 Å². The lowest BCUT2D eigenvalue weighted by Crippen LogP contribution is -2.53. The van der Waals surface area contributed by atoms with E-state index < -0.39 is 6.04 Å². The average Bonchev–Trinajstić information content (AvgIpc) is 2.35. The van der Waals surface area contributed by atoms with Crippen LogP contribution in [0.5, 0.6) is 0 Å². The van der Waals surface area contributed by atoms with Gasteiger partial charge in [-0.3, -0.25) is 9.59 Å². The molecule has 98 valence electrons. The van der Waals surface area contributed by atoms with E-state index in [4.69, 9.17) is 4.74 Å². The van der Waals surface area contributed by atoms with Crippen LogP contribution < -0.4 is 5.32 Å². The molecule has 5 heteroatoms. The second-order valence-corrected chi connectivity index (χ2v) is 4.58. The maximum absolute atomic E-state index is 12.2. The van der Waals surface area contributed by atoms with Gasteiger partial charge in [0.15, 0.2) is 0 Å². The van der Waals surface area contributed by atoms with E-state index in [2.05, 4.69) is 5.32 Å². The van der Waals surface area contributed by atoms with Gasteiger partial charge in [0.25, 0.3) is 0 Å². The SMILES string of the molecule is CCC(=O)N[C@H](C(=O)N1CCOCC1)C(C)C. The molecular weight excluding hydrogens is 220 g/mol. The van der Waals surface area contributed by atoms with Gasteiger partial charge in [-0.15, -0.1) is 0 Å². The van der Waals surface area contributed by atoms with E-state index in [0.29, 0.717) is 32.7 Å². The van der Waals surface area contributed by atoms with Crippen LogP contribution in [0.1, 0.15) is 27.2 Å². The Bertz CT molecular complexity index is 273. The summed E-state index contributed by atoms with van der Waals surface area (Å²) in [6, 6.07) is -0.416. The molecule has 17 heavy (non-hydrogen) atoms. The molecule has 0 aliphatic carbocycles. The molecule has 5 nitrogen and oxygen atoms in total. The van der Waals surface area contributed by atoms with Gasteiger partial charge in [-0.05, 0) is 5.92 Å². The maximum atomic E-state index is 12.2. The third-order valence-electron chi connectivity index (χ3n) is 2.89. The maximum Gasteiger partial charge on any atom is 0.245 e. The van der Waals surface area contributed by atoms with Gasteiger partial charge in [0.05, 0.1) is 13.2 Å². The summed E-state index contributed by atoms with van der Waals surface area (Å²) in [6.07, 6.45) is 0.402. The van der Waals surface area contributed by atoms with E-state index >= 15 is 0 Å². The van der Waals surface area contributed by atoms with Gasteiger partial charge in [-0.25, -0.2) is 0 Å². The Morgan fingerprint density at radius 2 is 1.88 bits per heavy atom. The van der Waals surface area contributed by atoms with E-state index in [0.717, 1.165) is 0 Å². The van der Waals surface area contributed by atoms with Crippen molar-refractivity contribution >= 4 is 11.8 Å². The first-order valence-electron chi connectivity index (χ1n) is 6.22. The highest BCUT2D eigenvalue weighted by atomic mass is 16.5. The molecule has 1 rings (SSSR count). The highest BCUT2D eigenvalue weighted by Gasteiger charge is 2.28. The monoisotopic (exact) mass is 242 g/mol. The highest BCUT2D eigenvalue weighted by molar-refractivity contribution is 5.87. The van der Waals surface area contributed by atoms with Gasteiger partial charge in [0, 0.05) is 19.5 Å². The Morgan fingerprint density at radius 1 is 1.29 bits per heavy atom. The van der Waals surface area contributed by atoms with Gasteiger partial charge < -0.3 is 15.0 Å². The molecule has 1 saturated heterocycles. The number of nitrogens with one attached hydrogen (secondary N) is 1. The second-order valence-electron chi connectivity index (χ2n) is 4.58. The van der Waals surface area contributed by atoms with Crippen LogP contribution in [-0.4, -0.2) is 49.1 Å². The molecule has 0 unspecified atom stereocenters. The molecule has 0 bridgehead atoms. The molecule has 1 N–H and O–H groups in total. The lowest BCUT2D eigenvalue weighted by Gasteiger charge is -2.32.